The lowest BCUT2D eigenvalue weighted by Gasteiger charge is -2.17. The van der Waals surface area contributed by atoms with Gasteiger partial charge in [-0.3, -0.25) is 19.4 Å². The van der Waals surface area contributed by atoms with Crippen molar-refractivity contribution in [3.05, 3.63) is 53.6 Å². The van der Waals surface area contributed by atoms with Gasteiger partial charge in [-0.1, -0.05) is 12.1 Å². The Labute approximate surface area is 124 Å². The minimum absolute atomic E-state index is 0.0576. The Morgan fingerprint density at radius 1 is 1.00 bits per heavy atom. The van der Waals surface area contributed by atoms with Gasteiger partial charge < -0.3 is 10.2 Å². The molecule has 1 aliphatic rings. The number of carbonyl (C=O) groups excluding carboxylic acids is 3. The maximum absolute atomic E-state index is 12.5. The summed E-state index contributed by atoms with van der Waals surface area (Å²) in [7, 11) is 0. The van der Waals surface area contributed by atoms with Crippen LogP contribution in [-0.4, -0.2) is 32.8 Å². The van der Waals surface area contributed by atoms with Gasteiger partial charge in [0.05, 0.1) is 11.3 Å². The molecule has 1 aliphatic heterocycles. The molecule has 0 fully saturated rings. The van der Waals surface area contributed by atoms with E-state index in [-0.39, 0.29) is 22.7 Å². The third kappa shape index (κ3) is 2.05. The highest BCUT2D eigenvalue weighted by atomic mass is 16.3. The topological polar surface area (TPSA) is 111 Å². The number of nitrogens with one attached hydrogen (secondary N) is 1. The van der Waals surface area contributed by atoms with Crippen molar-refractivity contribution in [2.75, 3.05) is 4.90 Å². The fourth-order valence-electron chi connectivity index (χ4n) is 2.25. The van der Waals surface area contributed by atoms with E-state index in [0.717, 1.165) is 23.1 Å². The number of aromatic hydroxyl groups is 2. The van der Waals surface area contributed by atoms with Crippen molar-refractivity contribution in [3.8, 4) is 11.8 Å². The quantitative estimate of drug-likeness (QED) is 0.580. The third-order valence-corrected chi connectivity index (χ3v) is 3.23. The summed E-state index contributed by atoms with van der Waals surface area (Å²) in [5.74, 6) is -2.59. The van der Waals surface area contributed by atoms with Crippen LogP contribution in [0.15, 0.2) is 42.5 Å². The Morgan fingerprint density at radius 3 is 2.23 bits per heavy atom. The average Bonchev–Trinajstić information content (AvgIpc) is 3.00. The number of hydrogen-bond acceptors (Lipinski definition) is 5. The Morgan fingerprint density at radius 2 is 1.64 bits per heavy atom. The molecule has 2 amide bonds. The molecule has 0 aliphatic carbocycles. The predicted molar refractivity (Wildman–Crippen MR) is 75.6 cm³/mol. The molecule has 7 nitrogen and oxygen atoms in total. The number of rotatable bonds is 3. The minimum Gasteiger partial charge on any atom is -0.494 e. The zero-order valence-corrected chi connectivity index (χ0v) is 11.1. The number of aromatic amines is 1. The van der Waals surface area contributed by atoms with Crippen LogP contribution in [0.5, 0.6) is 11.8 Å². The maximum atomic E-state index is 12.5. The number of nitrogens with zero attached hydrogens (tertiary/aromatic N) is 1. The van der Waals surface area contributed by atoms with E-state index < -0.39 is 23.5 Å². The first-order valence-corrected chi connectivity index (χ1v) is 6.30. The summed E-state index contributed by atoms with van der Waals surface area (Å²) in [6, 6.07) is 7.11. The number of ketones is 1. The summed E-state index contributed by atoms with van der Waals surface area (Å²) < 4.78 is 0. The van der Waals surface area contributed by atoms with Crippen LogP contribution in [0.1, 0.15) is 15.9 Å². The van der Waals surface area contributed by atoms with Crippen LogP contribution >= 0.6 is 0 Å². The fraction of sp³-hybridized carbons (Fsp3) is 0. The zero-order chi connectivity index (χ0) is 15.9. The Bertz CT molecular complexity index is 816. The second-order valence-electron chi connectivity index (χ2n) is 4.61. The summed E-state index contributed by atoms with van der Waals surface area (Å²) in [6.07, 6.45) is 2.23. The number of aromatic nitrogens is 1. The van der Waals surface area contributed by atoms with Gasteiger partial charge in [0.25, 0.3) is 11.8 Å². The molecule has 2 aromatic rings. The molecule has 1 aromatic carbocycles. The van der Waals surface area contributed by atoms with Crippen molar-refractivity contribution in [3.63, 3.8) is 0 Å². The summed E-state index contributed by atoms with van der Waals surface area (Å²) in [5, 5.41) is 18.9. The molecule has 0 atom stereocenters. The summed E-state index contributed by atoms with van der Waals surface area (Å²) in [6.45, 7) is 0. The number of amides is 2. The first kappa shape index (κ1) is 13.6. The molecular formula is C15H10N2O5. The molecule has 0 unspecified atom stereocenters. The molecule has 3 rings (SSSR count). The van der Waals surface area contributed by atoms with Crippen molar-refractivity contribution in [2.24, 2.45) is 0 Å². The van der Waals surface area contributed by atoms with E-state index in [9.17, 15) is 24.6 Å². The largest absolute Gasteiger partial charge is 0.494 e. The van der Waals surface area contributed by atoms with Gasteiger partial charge in [0.2, 0.25) is 11.7 Å². The van der Waals surface area contributed by atoms with Gasteiger partial charge in [0.1, 0.15) is 0 Å². The SMILES string of the molecule is O=C(c1ccccc1N1C(=O)C=CC1=O)c1cc(O)[nH]c1O. The van der Waals surface area contributed by atoms with E-state index in [4.69, 9.17) is 0 Å². The molecule has 7 heteroatoms. The predicted octanol–water partition coefficient (Wildman–Crippen LogP) is 1.09. The molecule has 110 valence electrons. The van der Waals surface area contributed by atoms with E-state index in [1.165, 1.54) is 12.1 Å². The lowest BCUT2D eigenvalue weighted by molar-refractivity contribution is -0.119. The van der Waals surface area contributed by atoms with Crippen molar-refractivity contribution < 1.29 is 24.6 Å². The van der Waals surface area contributed by atoms with Crippen LogP contribution in [-0.2, 0) is 9.59 Å². The fourth-order valence-corrected chi connectivity index (χ4v) is 2.25. The highest BCUT2D eigenvalue weighted by Gasteiger charge is 2.29. The normalized spacial score (nSPS) is 13.9. The van der Waals surface area contributed by atoms with Crippen molar-refractivity contribution in [2.45, 2.75) is 0 Å². The summed E-state index contributed by atoms with van der Waals surface area (Å²) in [5.41, 5.74) is 0.0202. The Hall–Kier alpha value is -3.35. The molecule has 22 heavy (non-hydrogen) atoms. The number of H-pyrrole nitrogens is 1. The molecule has 3 N–H and O–H groups in total. The van der Waals surface area contributed by atoms with E-state index in [1.807, 2.05) is 0 Å². The highest BCUT2D eigenvalue weighted by molar-refractivity contribution is 6.30. The van der Waals surface area contributed by atoms with Gasteiger partial charge in [0.15, 0.2) is 5.88 Å². The molecule has 2 heterocycles. The standard InChI is InChI=1S/C15H10N2O5/c18-11-7-9(15(22)16-11)14(21)8-3-1-2-4-10(8)17-12(19)5-6-13(17)20/h1-7,16,18,22H. The number of imide groups is 1. The lowest BCUT2D eigenvalue weighted by atomic mass is 10.0. The minimum atomic E-state index is -0.628. The molecule has 0 bridgehead atoms. The van der Waals surface area contributed by atoms with E-state index in [1.54, 1.807) is 12.1 Å². The summed E-state index contributed by atoms with van der Waals surface area (Å²) in [4.78, 5) is 39.1. The number of para-hydroxylation sites is 1. The monoisotopic (exact) mass is 298 g/mol. The van der Waals surface area contributed by atoms with Crippen LogP contribution in [0.2, 0.25) is 0 Å². The molecule has 0 saturated heterocycles. The van der Waals surface area contributed by atoms with Crippen molar-refractivity contribution in [1.29, 1.82) is 0 Å². The van der Waals surface area contributed by atoms with Gasteiger partial charge >= 0.3 is 0 Å². The van der Waals surface area contributed by atoms with Crippen LogP contribution in [0, 0.1) is 0 Å². The van der Waals surface area contributed by atoms with Gasteiger partial charge in [-0.05, 0) is 12.1 Å². The van der Waals surface area contributed by atoms with Gasteiger partial charge in [0, 0.05) is 23.8 Å². The Kier molecular flexibility index (Phi) is 3.03. The van der Waals surface area contributed by atoms with Gasteiger partial charge in [-0.25, -0.2) is 4.90 Å². The van der Waals surface area contributed by atoms with E-state index >= 15 is 0 Å². The zero-order valence-electron chi connectivity index (χ0n) is 11.1. The number of anilines is 1. The van der Waals surface area contributed by atoms with E-state index in [0.29, 0.717) is 0 Å². The summed E-state index contributed by atoms with van der Waals surface area (Å²) >= 11 is 0. The van der Waals surface area contributed by atoms with Gasteiger partial charge in [-0.2, -0.15) is 0 Å². The number of benzene rings is 1. The first-order valence-electron chi connectivity index (χ1n) is 6.30. The molecule has 1 aromatic heterocycles. The molecular weight excluding hydrogens is 288 g/mol. The average molecular weight is 298 g/mol. The van der Waals surface area contributed by atoms with E-state index in [2.05, 4.69) is 4.98 Å². The number of carbonyl (C=O) groups is 3. The Balaban J connectivity index is 2.09. The molecule has 0 saturated carbocycles. The van der Waals surface area contributed by atoms with Gasteiger partial charge in [-0.15, -0.1) is 0 Å². The van der Waals surface area contributed by atoms with Crippen LogP contribution in [0.4, 0.5) is 5.69 Å². The molecule has 0 spiro atoms. The van der Waals surface area contributed by atoms with Crippen molar-refractivity contribution in [1.82, 2.24) is 4.98 Å². The number of hydrogen-bond donors (Lipinski definition) is 3. The lowest BCUT2D eigenvalue weighted by Crippen LogP contribution is -2.31. The van der Waals surface area contributed by atoms with Crippen molar-refractivity contribution >= 4 is 23.3 Å². The van der Waals surface area contributed by atoms with Crippen LogP contribution < -0.4 is 4.90 Å². The smallest absolute Gasteiger partial charge is 0.258 e. The second-order valence-corrected chi connectivity index (χ2v) is 4.61. The third-order valence-electron chi connectivity index (χ3n) is 3.23. The highest BCUT2D eigenvalue weighted by Crippen LogP contribution is 2.30. The maximum Gasteiger partial charge on any atom is 0.258 e. The first-order chi connectivity index (χ1) is 10.5. The second kappa shape index (κ2) is 4.88. The van der Waals surface area contributed by atoms with Crippen LogP contribution in [0.3, 0.4) is 0 Å². The molecule has 0 radical (unpaired) electrons. The van der Waals surface area contributed by atoms with Crippen LogP contribution in [0.25, 0.3) is 0 Å².